The molecule has 2 aliphatic rings. The van der Waals surface area contributed by atoms with E-state index in [1.807, 2.05) is 0 Å². The second-order valence-corrected chi connectivity index (χ2v) is 5.24. The Morgan fingerprint density at radius 1 is 1.04 bits per heavy atom. The second kappa shape index (κ2) is 7.00. The van der Waals surface area contributed by atoms with Gasteiger partial charge in [-0.25, -0.2) is 0 Å². The van der Waals surface area contributed by atoms with Gasteiger partial charge in [-0.1, -0.05) is 12.2 Å². The summed E-state index contributed by atoms with van der Waals surface area (Å²) in [7, 11) is 0. The molecule has 0 spiro atoms. The van der Waals surface area contributed by atoms with E-state index in [1.54, 1.807) is 0 Å². The molecule has 24 heavy (non-hydrogen) atoms. The zero-order valence-electron chi connectivity index (χ0n) is 12.4. The highest BCUT2D eigenvalue weighted by atomic mass is 16.6. The number of benzene rings is 1. The molecule has 0 saturated carbocycles. The van der Waals surface area contributed by atoms with Crippen molar-refractivity contribution in [2.75, 3.05) is 13.1 Å². The molecular formula is C13H14N4O7. The van der Waals surface area contributed by atoms with Crippen LogP contribution in [0.5, 0.6) is 5.75 Å². The average Bonchev–Trinajstić information content (AvgIpc) is 3.10. The van der Waals surface area contributed by atoms with Crippen molar-refractivity contribution in [3.05, 3.63) is 54.6 Å². The SMILES string of the molecule is C1=CC2CCCN2C1.O=[N+]([O-])c1cc([N+](=O)[O-])c(O)c([N+](=O)[O-])c1. The molecular weight excluding hydrogens is 324 g/mol. The summed E-state index contributed by atoms with van der Waals surface area (Å²) in [5, 5.41) is 40.2. The highest BCUT2D eigenvalue weighted by Crippen LogP contribution is 2.38. The van der Waals surface area contributed by atoms with E-state index < -0.39 is 37.6 Å². The van der Waals surface area contributed by atoms with Gasteiger partial charge >= 0.3 is 11.4 Å². The highest BCUT2D eigenvalue weighted by molar-refractivity contribution is 5.64. The van der Waals surface area contributed by atoms with E-state index in [1.165, 1.54) is 25.9 Å². The fourth-order valence-electron chi connectivity index (χ4n) is 2.62. The van der Waals surface area contributed by atoms with Crippen molar-refractivity contribution in [3.8, 4) is 5.75 Å². The van der Waals surface area contributed by atoms with Gasteiger partial charge in [0.25, 0.3) is 11.4 Å². The number of phenolic OH excluding ortho intramolecular Hbond substituents is 1. The number of non-ortho nitro benzene ring substituents is 1. The molecule has 128 valence electrons. The van der Waals surface area contributed by atoms with Gasteiger partial charge in [-0.05, 0) is 19.4 Å². The van der Waals surface area contributed by atoms with Crippen molar-refractivity contribution in [1.29, 1.82) is 0 Å². The van der Waals surface area contributed by atoms with E-state index in [0.29, 0.717) is 12.1 Å². The summed E-state index contributed by atoms with van der Waals surface area (Å²) in [5.41, 5.74) is -3.00. The van der Waals surface area contributed by atoms with Crippen LogP contribution in [0.25, 0.3) is 0 Å². The van der Waals surface area contributed by atoms with Crippen LogP contribution in [0.3, 0.4) is 0 Å². The summed E-state index contributed by atoms with van der Waals surface area (Å²) in [6, 6.07) is 1.72. The van der Waals surface area contributed by atoms with Crippen LogP contribution in [-0.2, 0) is 0 Å². The Bertz CT molecular complexity index is 683. The molecule has 11 nitrogen and oxygen atoms in total. The topological polar surface area (TPSA) is 153 Å². The Morgan fingerprint density at radius 2 is 1.62 bits per heavy atom. The lowest BCUT2D eigenvalue weighted by atomic mass is 10.2. The maximum atomic E-state index is 10.4. The molecule has 1 aromatic carbocycles. The van der Waals surface area contributed by atoms with Crippen molar-refractivity contribution in [2.24, 2.45) is 0 Å². The predicted octanol–water partition coefficient (Wildman–Crippen LogP) is 2.14. The summed E-state index contributed by atoms with van der Waals surface area (Å²) in [5.74, 6) is -1.21. The number of nitro groups is 3. The molecule has 1 unspecified atom stereocenters. The molecule has 1 fully saturated rings. The molecule has 1 aromatic rings. The summed E-state index contributed by atoms with van der Waals surface area (Å²) in [6.45, 7) is 2.54. The molecule has 0 bridgehead atoms. The van der Waals surface area contributed by atoms with Gasteiger partial charge in [0.05, 0.1) is 26.9 Å². The van der Waals surface area contributed by atoms with Gasteiger partial charge in [0, 0.05) is 12.6 Å². The van der Waals surface area contributed by atoms with E-state index in [4.69, 9.17) is 5.11 Å². The fourth-order valence-corrected chi connectivity index (χ4v) is 2.62. The number of phenols is 1. The van der Waals surface area contributed by atoms with Crippen LogP contribution in [-0.4, -0.2) is 43.9 Å². The van der Waals surface area contributed by atoms with Crippen LogP contribution in [0.1, 0.15) is 12.8 Å². The Hall–Kier alpha value is -3.08. The predicted molar refractivity (Wildman–Crippen MR) is 81.8 cm³/mol. The van der Waals surface area contributed by atoms with E-state index in [2.05, 4.69) is 17.1 Å². The minimum absolute atomic E-state index is 0.447. The van der Waals surface area contributed by atoms with Gasteiger partial charge in [-0.15, -0.1) is 0 Å². The smallest absolute Gasteiger partial charge is 0.324 e. The largest absolute Gasteiger partial charge is 0.497 e. The number of rotatable bonds is 3. The van der Waals surface area contributed by atoms with Gasteiger partial charge < -0.3 is 5.11 Å². The first-order valence-electron chi connectivity index (χ1n) is 7.02. The second-order valence-electron chi connectivity index (χ2n) is 5.24. The van der Waals surface area contributed by atoms with Gasteiger partial charge in [-0.2, -0.15) is 0 Å². The summed E-state index contributed by atoms with van der Waals surface area (Å²) < 4.78 is 0. The number of aromatic hydroxyl groups is 1. The molecule has 0 radical (unpaired) electrons. The molecule has 1 atom stereocenters. The van der Waals surface area contributed by atoms with Crippen LogP contribution in [0.15, 0.2) is 24.3 Å². The van der Waals surface area contributed by atoms with Crippen molar-refractivity contribution in [3.63, 3.8) is 0 Å². The van der Waals surface area contributed by atoms with E-state index in [-0.39, 0.29) is 0 Å². The minimum Gasteiger partial charge on any atom is -0.497 e. The van der Waals surface area contributed by atoms with E-state index >= 15 is 0 Å². The summed E-state index contributed by atoms with van der Waals surface area (Å²) >= 11 is 0. The maximum Gasteiger partial charge on any atom is 0.324 e. The first-order valence-corrected chi connectivity index (χ1v) is 7.02. The molecule has 0 aliphatic carbocycles. The number of hydrogen-bond acceptors (Lipinski definition) is 8. The van der Waals surface area contributed by atoms with Gasteiger partial charge in [-0.3, -0.25) is 35.2 Å². The summed E-state index contributed by atoms with van der Waals surface area (Å²) in [4.78, 5) is 30.3. The zero-order valence-corrected chi connectivity index (χ0v) is 12.4. The first-order chi connectivity index (χ1) is 11.3. The van der Waals surface area contributed by atoms with E-state index in [9.17, 15) is 30.3 Å². The number of nitrogens with zero attached hydrogens (tertiary/aromatic N) is 4. The van der Waals surface area contributed by atoms with Crippen LogP contribution < -0.4 is 0 Å². The number of fused-ring (bicyclic) bond motifs is 1. The molecule has 0 aromatic heterocycles. The number of nitro benzene ring substituents is 3. The monoisotopic (exact) mass is 338 g/mol. The van der Waals surface area contributed by atoms with Crippen LogP contribution in [0, 0.1) is 30.3 Å². The lowest BCUT2D eigenvalue weighted by Gasteiger charge is -2.12. The Morgan fingerprint density at radius 3 is 2.08 bits per heavy atom. The summed E-state index contributed by atoms with van der Waals surface area (Å²) in [6.07, 6.45) is 7.43. The third-order valence-electron chi connectivity index (χ3n) is 3.77. The lowest BCUT2D eigenvalue weighted by molar-refractivity contribution is -0.404. The molecule has 0 amide bonds. The van der Waals surface area contributed by atoms with Crippen LogP contribution in [0.4, 0.5) is 17.1 Å². The first kappa shape index (κ1) is 17.3. The van der Waals surface area contributed by atoms with Crippen LogP contribution in [0.2, 0.25) is 0 Å². The average molecular weight is 338 g/mol. The van der Waals surface area contributed by atoms with Gasteiger partial charge in [0.15, 0.2) is 0 Å². The molecule has 1 saturated heterocycles. The van der Waals surface area contributed by atoms with Crippen molar-refractivity contribution in [1.82, 2.24) is 4.90 Å². The standard InChI is InChI=1S/C7H11N.C6H3N3O7/c1-3-7-4-2-6-8(7)5-1;10-6-4(8(13)14)1-3(7(11)12)2-5(6)9(15)16/h1,3,7H,2,4-6H2;1-2,10H. The normalized spacial score (nSPS) is 18.6. The Kier molecular flexibility index (Phi) is 5.04. The maximum absolute atomic E-state index is 10.4. The minimum atomic E-state index is -1.21. The zero-order chi connectivity index (χ0) is 17.9. The third-order valence-corrected chi connectivity index (χ3v) is 3.77. The fraction of sp³-hybridized carbons (Fsp3) is 0.385. The molecule has 11 heteroatoms. The van der Waals surface area contributed by atoms with Crippen molar-refractivity contribution < 1.29 is 19.9 Å². The van der Waals surface area contributed by atoms with E-state index in [0.717, 1.165) is 6.04 Å². The van der Waals surface area contributed by atoms with Crippen LogP contribution >= 0.6 is 0 Å². The van der Waals surface area contributed by atoms with Gasteiger partial charge in [0.1, 0.15) is 0 Å². The van der Waals surface area contributed by atoms with Crippen molar-refractivity contribution >= 4 is 17.1 Å². The lowest BCUT2D eigenvalue weighted by Crippen LogP contribution is -2.22. The highest BCUT2D eigenvalue weighted by Gasteiger charge is 2.30. The van der Waals surface area contributed by atoms with Gasteiger partial charge in [0.2, 0.25) is 0 Å². The molecule has 2 aliphatic heterocycles. The number of hydrogen-bond donors (Lipinski definition) is 1. The molecule has 1 N–H and O–H groups in total. The Labute approximate surface area is 135 Å². The Balaban J connectivity index is 0.000000214. The quantitative estimate of drug-likeness (QED) is 0.499. The van der Waals surface area contributed by atoms with Crippen molar-refractivity contribution in [2.45, 2.75) is 18.9 Å². The molecule has 3 rings (SSSR count). The third kappa shape index (κ3) is 3.63. The molecule has 2 heterocycles.